The molecule has 0 fully saturated rings. The molecule has 3 heterocycles. The van der Waals surface area contributed by atoms with Gasteiger partial charge in [-0.25, -0.2) is 0 Å². The molecular weight excluding hydrogens is 707 g/mol. The molecule has 0 spiro atoms. The number of rotatable bonds is 6. The highest BCUT2D eigenvalue weighted by Crippen LogP contribution is 2.43. The number of nitrogens with zero attached hydrogens (tertiary/aromatic N) is 3. The van der Waals surface area contributed by atoms with Gasteiger partial charge in [0.1, 0.15) is 11.2 Å². The van der Waals surface area contributed by atoms with Crippen LogP contribution in [0.1, 0.15) is 0 Å². The molecule has 272 valence electrons. The van der Waals surface area contributed by atoms with Crippen LogP contribution in [0, 0.1) is 0 Å². The minimum absolute atomic E-state index is 0.897. The molecule has 0 saturated carbocycles. The number of para-hydroxylation sites is 5. The summed E-state index contributed by atoms with van der Waals surface area (Å²) < 4.78 is 11.5. The van der Waals surface area contributed by atoms with Gasteiger partial charge in [0.2, 0.25) is 0 Å². The van der Waals surface area contributed by atoms with Gasteiger partial charge >= 0.3 is 0 Å². The highest BCUT2D eigenvalue weighted by Gasteiger charge is 2.21. The summed E-state index contributed by atoms with van der Waals surface area (Å²) in [6.45, 7) is 0. The Hall–Kier alpha value is -7.82. The third-order valence-electron chi connectivity index (χ3n) is 11.7. The van der Waals surface area contributed by atoms with E-state index in [2.05, 4.69) is 220 Å². The largest absolute Gasteiger partial charge is 0.455 e. The molecule has 4 heteroatoms. The topological polar surface area (TPSA) is 26.2 Å². The Morgan fingerprint density at radius 1 is 0.328 bits per heavy atom. The number of benzene rings is 9. The minimum atomic E-state index is 0.897. The van der Waals surface area contributed by atoms with E-state index >= 15 is 0 Å². The smallest absolute Gasteiger partial charge is 0.145 e. The number of furan rings is 1. The summed E-state index contributed by atoms with van der Waals surface area (Å²) >= 11 is 0. The van der Waals surface area contributed by atoms with Crippen molar-refractivity contribution in [1.29, 1.82) is 0 Å². The van der Waals surface area contributed by atoms with Crippen molar-refractivity contribution in [2.75, 3.05) is 4.90 Å². The fourth-order valence-corrected chi connectivity index (χ4v) is 9.10. The standard InChI is InChI=1S/C54H35N3O/c1-4-14-38(15-5-1)55(39-16-6-2-7-17-39)41-26-28-42(29-27-41)57-50-32-25-37(35-47(50)53-51(57)33-30-45-44-21-11-13-23-52(44)58-54(45)53)36-24-31-49-46(34-36)43-20-10-12-22-48(43)56(49)40-18-8-3-9-19-40/h1-35H. The molecule has 0 saturated heterocycles. The molecular formula is C54H35N3O. The van der Waals surface area contributed by atoms with Crippen molar-refractivity contribution in [3.05, 3.63) is 212 Å². The molecule has 58 heavy (non-hydrogen) atoms. The summed E-state index contributed by atoms with van der Waals surface area (Å²) in [5.74, 6) is 0. The Morgan fingerprint density at radius 3 is 1.53 bits per heavy atom. The summed E-state index contributed by atoms with van der Waals surface area (Å²) in [5.41, 5.74) is 14.3. The molecule has 0 bridgehead atoms. The average Bonchev–Trinajstić information content (AvgIpc) is 3.95. The zero-order valence-electron chi connectivity index (χ0n) is 31.5. The van der Waals surface area contributed by atoms with E-state index in [0.29, 0.717) is 0 Å². The first kappa shape index (κ1) is 32.4. The van der Waals surface area contributed by atoms with Crippen molar-refractivity contribution in [2.45, 2.75) is 0 Å². The third-order valence-corrected chi connectivity index (χ3v) is 11.7. The molecule has 0 aliphatic rings. The molecule has 4 nitrogen and oxygen atoms in total. The van der Waals surface area contributed by atoms with Gasteiger partial charge in [-0.3, -0.25) is 0 Å². The van der Waals surface area contributed by atoms with Crippen LogP contribution < -0.4 is 4.90 Å². The Labute approximate surface area is 334 Å². The summed E-state index contributed by atoms with van der Waals surface area (Å²) in [4.78, 5) is 2.30. The fraction of sp³-hybridized carbons (Fsp3) is 0. The molecule has 9 aromatic carbocycles. The predicted octanol–water partition coefficient (Wildman–Crippen LogP) is 14.9. The van der Waals surface area contributed by atoms with Crippen LogP contribution in [-0.4, -0.2) is 9.13 Å². The van der Waals surface area contributed by atoms with Gasteiger partial charge in [0.25, 0.3) is 0 Å². The van der Waals surface area contributed by atoms with E-state index in [4.69, 9.17) is 4.42 Å². The first-order valence-corrected chi connectivity index (χ1v) is 19.8. The number of hydrogen-bond acceptors (Lipinski definition) is 2. The SMILES string of the molecule is c1ccc(N(c2ccccc2)c2ccc(-n3c4ccc(-c5ccc6c(c5)c5ccccc5n6-c5ccccc5)cc4c4c5oc6ccccc6c5ccc43)cc2)cc1. The molecule has 0 atom stereocenters. The van der Waals surface area contributed by atoms with Crippen molar-refractivity contribution in [2.24, 2.45) is 0 Å². The van der Waals surface area contributed by atoms with Gasteiger partial charge in [-0.05, 0) is 120 Å². The molecule has 0 unspecified atom stereocenters. The summed E-state index contributed by atoms with van der Waals surface area (Å²) in [5, 5.41) is 7.00. The lowest BCUT2D eigenvalue weighted by Gasteiger charge is -2.25. The van der Waals surface area contributed by atoms with E-state index in [0.717, 1.165) is 77.7 Å². The van der Waals surface area contributed by atoms with Crippen LogP contribution in [0.25, 0.3) is 88.1 Å². The van der Waals surface area contributed by atoms with Crippen LogP contribution in [0.15, 0.2) is 217 Å². The van der Waals surface area contributed by atoms with Gasteiger partial charge in [-0.2, -0.15) is 0 Å². The highest BCUT2D eigenvalue weighted by molar-refractivity contribution is 6.24. The zero-order valence-corrected chi connectivity index (χ0v) is 31.5. The zero-order chi connectivity index (χ0) is 38.2. The van der Waals surface area contributed by atoms with Crippen LogP contribution in [0.5, 0.6) is 0 Å². The Bertz CT molecular complexity index is 3450. The number of aromatic nitrogens is 2. The molecule has 12 aromatic rings. The summed E-state index contributed by atoms with van der Waals surface area (Å²) in [6.07, 6.45) is 0. The minimum Gasteiger partial charge on any atom is -0.455 e. The normalized spacial score (nSPS) is 11.8. The molecule has 0 aliphatic carbocycles. The van der Waals surface area contributed by atoms with Gasteiger partial charge in [0, 0.05) is 55.4 Å². The van der Waals surface area contributed by atoms with Crippen LogP contribution in [0.3, 0.4) is 0 Å². The second kappa shape index (κ2) is 12.9. The van der Waals surface area contributed by atoms with E-state index < -0.39 is 0 Å². The van der Waals surface area contributed by atoms with Gasteiger partial charge < -0.3 is 18.5 Å². The Morgan fingerprint density at radius 2 is 0.828 bits per heavy atom. The molecule has 3 aromatic heterocycles. The Balaban J connectivity index is 1.06. The first-order chi connectivity index (χ1) is 28.8. The fourth-order valence-electron chi connectivity index (χ4n) is 9.10. The molecule has 0 aliphatic heterocycles. The number of hydrogen-bond donors (Lipinski definition) is 0. The lowest BCUT2D eigenvalue weighted by molar-refractivity contribution is 0.673. The maximum Gasteiger partial charge on any atom is 0.145 e. The van der Waals surface area contributed by atoms with Gasteiger partial charge in [-0.15, -0.1) is 0 Å². The van der Waals surface area contributed by atoms with Gasteiger partial charge in [0.15, 0.2) is 0 Å². The maximum absolute atomic E-state index is 6.75. The summed E-state index contributed by atoms with van der Waals surface area (Å²) in [6, 6.07) is 76.0. The van der Waals surface area contributed by atoms with E-state index in [1.807, 2.05) is 6.07 Å². The van der Waals surface area contributed by atoms with Crippen LogP contribution in [-0.2, 0) is 0 Å². The molecule has 0 amide bonds. The van der Waals surface area contributed by atoms with Crippen molar-refractivity contribution < 1.29 is 4.42 Å². The van der Waals surface area contributed by atoms with E-state index in [-0.39, 0.29) is 0 Å². The lowest BCUT2D eigenvalue weighted by atomic mass is 10.00. The van der Waals surface area contributed by atoms with Gasteiger partial charge in [0.05, 0.1) is 27.5 Å². The second-order valence-corrected chi connectivity index (χ2v) is 14.9. The van der Waals surface area contributed by atoms with Crippen LogP contribution >= 0.6 is 0 Å². The molecule has 0 radical (unpaired) electrons. The van der Waals surface area contributed by atoms with Crippen molar-refractivity contribution in [3.8, 4) is 22.5 Å². The molecule has 0 N–H and O–H groups in total. The molecule has 12 rings (SSSR count). The van der Waals surface area contributed by atoms with Crippen LogP contribution in [0.4, 0.5) is 17.1 Å². The predicted molar refractivity (Wildman–Crippen MR) is 243 cm³/mol. The summed E-state index contributed by atoms with van der Waals surface area (Å²) in [7, 11) is 0. The third kappa shape index (κ3) is 4.95. The lowest BCUT2D eigenvalue weighted by Crippen LogP contribution is -2.09. The maximum atomic E-state index is 6.75. The number of anilines is 3. The van der Waals surface area contributed by atoms with Crippen LogP contribution in [0.2, 0.25) is 0 Å². The quantitative estimate of drug-likeness (QED) is 0.170. The van der Waals surface area contributed by atoms with E-state index in [1.165, 1.54) is 27.4 Å². The first-order valence-electron chi connectivity index (χ1n) is 19.8. The van der Waals surface area contributed by atoms with Gasteiger partial charge in [-0.1, -0.05) is 103 Å². The van der Waals surface area contributed by atoms with Crippen molar-refractivity contribution >= 4 is 82.6 Å². The van der Waals surface area contributed by atoms with Crippen molar-refractivity contribution in [1.82, 2.24) is 9.13 Å². The van der Waals surface area contributed by atoms with E-state index in [1.54, 1.807) is 0 Å². The van der Waals surface area contributed by atoms with E-state index in [9.17, 15) is 0 Å². The number of fused-ring (bicyclic) bond motifs is 10. The Kier molecular flexibility index (Phi) is 7.20. The average molecular weight is 742 g/mol. The second-order valence-electron chi connectivity index (χ2n) is 14.9. The highest BCUT2D eigenvalue weighted by atomic mass is 16.3. The van der Waals surface area contributed by atoms with Crippen molar-refractivity contribution in [3.63, 3.8) is 0 Å². The monoisotopic (exact) mass is 741 g/mol.